The van der Waals surface area contributed by atoms with Crippen molar-refractivity contribution in [2.45, 2.75) is 84.2 Å². The van der Waals surface area contributed by atoms with E-state index >= 15 is 0 Å². The van der Waals surface area contributed by atoms with Crippen LogP contribution in [-0.4, -0.2) is 75.3 Å². The molecule has 0 spiro atoms. The first-order valence-electron chi connectivity index (χ1n) is 10.6. The topological polar surface area (TPSA) is 208 Å². The first-order chi connectivity index (χ1) is 14.8. The molecule has 0 heterocycles. The highest BCUT2D eigenvalue weighted by atomic mass is 16.4. The Kier molecular flexibility index (Phi) is 12.5. The number of carbonyl (C=O) groups excluding carboxylic acids is 3. The van der Waals surface area contributed by atoms with Gasteiger partial charge in [0.1, 0.15) is 18.1 Å². The zero-order valence-corrected chi connectivity index (χ0v) is 19.1. The van der Waals surface area contributed by atoms with Crippen molar-refractivity contribution in [3.63, 3.8) is 0 Å². The van der Waals surface area contributed by atoms with Crippen LogP contribution < -0.4 is 21.7 Å². The number of rotatable bonds is 14. The van der Waals surface area contributed by atoms with Gasteiger partial charge in [0, 0.05) is 0 Å². The quantitative estimate of drug-likeness (QED) is 0.166. The molecule has 7 atom stereocenters. The molecule has 0 aliphatic carbocycles. The highest BCUT2D eigenvalue weighted by Gasteiger charge is 2.35. The lowest BCUT2D eigenvalue weighted by Gasteiger charge is -2.29. The van der Waals surface area contributed by atoms with Crippen LogP contribution in [0.25, 0.3) is 0 Å². The fourth-order valence-corrected chi connectivity index (χ4v) is 2.75. The Bertz CT molecular complexity index is 685. The van der Waals surface area contributed by atoms with Crippen LogP contribution in [0.1, 0.15) is 53.9 Å². The molecular weight excluding hydrogens is 424 g/mol. The number of carboxylic acids is 2. The predicted octanol–water partition coefficient (Wildman–Crippen LogP) is -1.20. The number of hydrogen-bond acceptors (Lipinski definition) is 7. The summed E-state index contributed by atoms with van der Waals surface area (Å²) in [6, 6.07) is -5.24. The van der Waals surface area contributed by atoms with Crippen molar-refractivity contribution in [1.29, 1.82) is 0 Å². The van der Waals surface area contributed by atoms with E-state index in [9.17, 15) is 29.1 Å². The first-order valence-corrected chi connectivity index (χ1v) is 10.6. The third-order valence-corrected chi connectivity index (χ3v) is 5.41. The Labute approximate surface area is 187 Å². The average molecular weight is 461 g/mol. The molecule has 7 unspecified atom stereocenters. The van der Waals surface area contributed by atoms with E-state index in [1.165, 1.54) is 6.92 Å². The highest BCUT2D eigenvalue weighted by Crippen LogP contribution is 2.11. The zero-order chi connectivity index (χ0) is 25.2. The van der Waals surface area contributed by atoms with Crippen LogP contribution in [0.2, 0.25) is 0 Å². The number of aliphatic hydroxyl groups excluding tert-OH is 1. The molecule has 0 aliphatic heterocycles. The number of hydrogen-bond donors (Lipinski definition) is 7. The maximum absolute atomic E-state index is 12.9. The molecular formula is C20H36N4O8. The normalized spacial score (nSPS) is 17.6. The van der Waals surface area contributed by atoms with Crippen LogP contribution in [0.3, 0.4) is 0 Å². The minimum absolute atomic E-state index is 0.131. The van der Waals surface area contributed by atoms with Gasteiger partial charge in [-0.3, -0.25) is 19.2 Å². The minimum atomic E-state index is -1.75. The SMILES string of the molecule is CCC(C)C(N)C(=O)NC(C(=O)NC(C(=O)NC(CC(=O)O)C(=O)O)C(C)O)C(C)CC. The number of nitrogens with one attached hydrogen (secondary N) is 3. The van der Waals surface area contributed by atoms with Gasteiger partial charge in [-0.1, -0.05) is 40.5 Å². The van der Waals surface area contributed by atoms with Crippen LogP contribution in [0.5, 0.6) is 0 Å². The summed E-state index contributed by atoms with van der Waals surface area (Å²) in [7, 11) is 0. The number of aliphatic hydroxyl groups is 1. The fraction of sp³-hybridized carbons (Fsp3) is 0.750. The van der Waals surface area contributed by atoms with E-state index in [0.29, 0.717) is 12.8 Å². The summed E-state index contributed by atoms with van der Waals surface area (Å²) in [5.74, 6) is -5.89. The Morgan fingerprint density at radius 2 is 1.25 bits per heavy atom. The molecule has 12 nitrogen and oxygen atoms in total. The molecule has 0 aromatic rings. The summed E-state index contributed by atoms with van der Waals surface area (Å²) in [6.07, 6.45) is -1.17. The molecule has 0 fully saturated rings. The summed E-state index contributed by atoms with van der Waals surface area (Å²) < 4.78 is 0. The van der Waals surface area contributed by atoms with Gasteiger partial charge in [0.2, 0.25) is 17.7 Å². The molecule has 0 aromatic carbocycles. The molecule has 8 N–H and O–H groups in total. The lowest BCUT2D eigenvalue weighted by Crippen LogP contribution is -2.61. The summed E-state index contributed by atoms with van der Waals surface area (Å²) in [5, 5.41) is 34.8. The standard InChI is InChI=1S/C20H36N4O8/c1-6-9(3)14(21)17(28)23-15(10(4)7-2)18(29)24-16(11(5)25)19(30)22-12(20(31)32)8-13(26)27/h9-12,14-16,25H,6-8,21H2,1-5H3,(H,22,30)(H,23,28)(H,24,29)(H,26,27)(H,31,32). The summed E-state index contributed by atoms with van der Waals surface area (Å²) in [5.41, 5.74) is 5.93. The van der Waals surface area contributed by atoms with Gasteiger partial charge in [0.25, 0.3) is 0 Å². The largest absolute Gasteiger partial charge is 0.481 e. The molecule has 32 heavy (non-hydrogen) atoms. The molecule has 0 saturated heterocycles. The third-order valence-electron chi connectivity index (χ3n) is 5.41. The molecule has 0 aliphatic rings. The van der Waals surface area contributed by atoms with Crippen LogP contribution in [0.15, 0.2) is 0 Å². The van der Waals surface area contributed by atoms with Crippen molar-refractivity contribution in [1.82, 2.24) is 16.0 Å². The molecule has 0 rings (SSSR count). The van der Waals surface area contributed by atoms with Gasteiger partial charge < -0.3 is 37.0 Å². The van der Waals surface area contributed by atoms with E-state index in [-0.39, 0.29) is 11.8 Å². The summed E-state index contributed by atoms with van der Waals surface area (Å²) >= 11 is 0. The fourth-order valence-electron chi connectivity index (χ4n) is 2.75. The van der Waals surface area contributed by atoms with E-state index in [0.717, 1.165) is 0 Å². The maximum atomic E-state index is 12.9. The van der Waals surface area contributed by atoms with Gasteiger partial charge in [-0.05, 0) is 18.8 Å². The van der Waals surface area contributed by atoms with E-state index in [1.807, 2.05) is 12.2 Å². The van der Waals surface area contributed by atoms with Crippen LogP contribution >= 0.6 is 0 Å². The van der Waals surface area contributed by atoms with Gasteiger partial charge in [-0.25, -0.2) is 4.79 Å². The number of aliphatic carboxylic acids is 2. The molecule has 0 bridgehead atoms. The van der Waals surface area contributed by atoms with Gasteiger partial charge in [0.15, 0.2) is 0 Å². The lowest BCUT2D eigenvalue weighted by molar-refractivity contribution is -0.148. The van der Waals surface area contributed by atoms with Crippen molar-refractivity contribution in [3.05, 3.63) is 0 Å². The number of carboxylic acid groups (broad SMARTS) is 2. The Balaban J connectivity index is 5.53. The van der Waals surface area contributed by atoms with Gasteiger partial charge in [0.05, 0.1) is 18.6 Å². The Hall–Kier alpha value is -2.73. The summed E-state index contributed by atoms with van der Waals surface area (Å²) in [4.78, 5) is 59.9. The maximum Gasteiger partial charge on any atom is 0.326 e. The van der Waals surface area contributed by atoms with Crippen LogP contribution in [-0.2, 0) is 24.0 Å². The second kappa shape index (κ2) is 13.6. The van der Waals surface area contributed by atoms with Gasteiger partial charge in [-0.2, -0.15) is 0 Å². The zero-order valence-electron chi connectivity index (χ0n) is 19.1. The molecule has 12 heteroatoms. The summed E-state index contributed by atoms with van der Waals surface area (Å²) in [6.45, 7) is 8.38. The van der Waals surface area contributed by atoms with Gasteiger partial charge >= 0.3 is 11.9 Å². The van der Waals surface area contributed by atoms with Crippen molar-refractivity contribution in [3.8, 4) is 0 Å². The molecule has 184 valence electrons. The van der Waals surface area contributed by atoms with E-state index in [4.69, 9.17) is 15.9 Å². The molecule has 0 aromatic heterocycles. The molecule has 0 radical (unpaired) electrons. The lowest BCUT2D eigenvalue weighted by atomic mass is 9.95. The monoisotopic (exact) mass is 460 g/mol. The average Bonchev–Trinajstić information content (AvgIpc) is 2.72. The van der Waals surface area contributed by atoms with Crippen molar-refractivity contribution < 1.29 is 39.3 Å². The third kappa shape index (κ3) is 9.18. The van der Waals surface area contributed by atoms with E-state index in [1.54, 1.807) is 20.8 Å². The van der Waals surface area contributed by atoms with Crippen molar-refractivity contribution in [2.75, 3.05) is 0 Å². The van der Waals surface area contributed by atoms with Crippen molar-refractivity contribution >= 4 is 29.7 Å². The van der Waals surface area contributed by atoms with Crippen LogP contribution in [0.4, 0.5) is 0 Å². The van der Waals surface area contributed by atoms with E-state index in [2.05, 4.69) is 10.6 Å². The second-order valence-electron chi connectivity index (χ2n) is 8.01. The number of amides is 3. The molecule has 0 saturated carbocycles. The predicted molar refractivity (Wildman–Crippen MR) is 114 cm³/mol. The Morgan fingerprint density at radius 3 is 1.66 bits per heavy atom. The second-order valence-corrected chi connectivity index (χ2v) is 8.01. The number of nitrogens with two attached hydrogens (primary N) is 1. The highest BCUT2D eigenvalue weighted by molar-refractivity contribution is 5.95. The molecule has 3 amide bonds. The van der Waals surface area contributed by atoms with Crippen LogP contribution in [0, 0.1) is 11.8 Å². The number of carbonyl (C=O) groups is 5. The van der Waals surface area contributed by atoms with E-state index < -0.39 is 66.4 Å². The first kappa shape index (κ1) is 29.3. The Morgan fingerprint density at radius 1 is 0.781 bits per heavy atom. The minimum Gasteiger partial charge on any atom is -0.481 e. The smallest absolute Gasteiger partial charge is 0.326 e. The van der Waals surface area contributed by atoms with Crippen molar-refractivity contribution in [2.24, 2.45) is 17.6 Å². The van der Waals surface area contributed by atoms with Gasteiger partial charge in [-0.15, -0.1) is 0 Å².